The molecular formula is C15H9BrCl2O4. The predicted molar refractivity (Wildman–Crippen MR) is 87.2 cm³/mol. The van der Waals surface area contributed by atoms with Gasteiger partial charge in [0.1, 0.15) is 5.76 Å². The third-order valence-electron chi connectivity index (χ3n) is 2.56. The van der Waals surface area contributed by atoms with Crippen LogP contribution in [-0.2, 0) is 9.53 Å². The number of Topliss-reactive ketones (excluding diaryl/α,β-unsaturated/α-hetero) is 1. The molecule has 22 heavy (non-hydrogen) atoms. The summed E-state index contributed by atoms with van der Waals surface area (Å²) in [7, 11) is 0. The van der Waals surface area contributed by atoms with Gasteiger partial charge in [0.25, 0.3) is 0 Å². The molecule has 0 atom stereocenters. The number of benzene rings is 1. The van der Waals surface area contributed by atoms with Gasteiger partial charge in [-0.05, 0) is 52.3 Å². The van der Waals surface area contributed by atoms with Crippen LogP contribution < -0.4 is 0 Å². The SMILES string of the molecule is O=C(C=Cc1ccc(Br)o1)OCC(=O)c1ccc(Cl)c(Cl)c1. The number of rotatable bonds is 5. The average Bonchev–Trinajstić information content (AvgIpc) is 2.91. The summed E-state index contributed by atoms with van der Waals surface area (Å²) in [5, 5.41) is 0.616. The van der Waals surface area contributed by atoms with E-state index in [9.17, 15) is 9.59 Å². The van der Waals surface area contributed by atoms with Crippen LogP contribution in [0, 0.1) is 0 Å². The van der Waals surface area contributed by atoms with Crippen molar-refractivity contribution in [3.8, 4) is 0 Å². The summed E-state index contributed by atoms with van der Waals surface area (Å²) in [6, 6.07) is 7.82. The Balaban J connectivity index is 1.89. The van der Waals surface area contributed by atoms with Gasteiger partial charge >= 0.3 is 5.97 Å². The highest BCUT2D eigenvalue weighted by molar-refractivity contribution is 9.10. The minimum Gasteiger partial charge on any atom is -0.454 e. The van der Waals surface area contributed by atoms with Crippen LogP contribution >= 0.6 is 39.1 Å². The number of hydrogen-bond acceptors (Lipinski definition) is 4. The van der Waals surface area contributed by atoms with Gasteiger partial charge in [0.2, 0.25) is 0 Å². The number of esters is 1. The molecule has 0 fully saturated rings. The molecule has 2 rings (SSSR count). The summed E-state index contributed by atoms with van der Waals surface area (Å²) in [4.78, 5) is 23.4. The maximum Gasteiger partial charge on any atom is 0.331 e. The van der Waals surface area contributed by atoms with Crippen LogP contribution in [0.3, 0.4) is 0 Å². The third kappa shape index (κ3) is 4.73. The first-order chi connectivity index (χ1) is 10.5. The lowest BCUT2D eigenvalue weighted by molar-refractivity contribution is -0.136. The Hall–Kier alpha value is -1.56. The number of hydrogen-bond donors (Lipinski definition) is 0. The van der Waals surface area contributed by atoms with E-state index in [1.807, 2.05) is 0 Å². The Bertz CT molecular complexity index is 737. The number of ketones is 1. The lowest BCUT2D eigenvalue weighted by Crippen LogP contribution is -2.12. The van der Waals surface area contributed by atoms with Crippen LogP contribution in [0.15, 0.2) is 45.5 Å². The minimum atomic E-state index is -0.652. The van der Waals surface area contributed by atoms with Crippen molar-refractivity contribution < 1.29 is 18.7 Å². The number of carbonyl (C=O) groups excluding carboxylic acids is 2. The monoisotopic (exact) mass is 402 g/mol. The van der Waals surface area contributed by atoms with E-state index < -0.39 is 5.97 Å². The molecule has 1 aromatic heterocycles. The molecule has 1 heterocycles. The minimum absolute atomic E-state index is 0.266. The van der Waals surface area contributed by atoms with Crippen LogP contribution in [0.1, 0.15) is 16.1 Å². The van der Waals surface area contributed by atoms with Gasteiger partial charge < -0.3 is 9.15 Å². The molecule has 0 saturated heterocycles. The molecule has 0 saturated carbocycles. The van der Waals surface area contributed by atoms with Crippen LogP contribution in [0.2, 0.25) is 10.0 Å². The van der Waals surface area contributed by atoms with Crippen molar-refractivity contribution in [2.24, 2.45) is 0 Å². The quantitative estimate of drug-likeness (QED) is 0.409. The van der Waals surface area contributed by atoms with E-state index in [0.29, 0.717) is 21.0 Å². The highest BCUT2D eigenvalue weighted by Gasteiger charge is 2.10. The van der Waals surface area contributed by atoms with E-state index in [2.05, 4.69) is 15.9 Å². The zero-order valence-corrected chi connectivity index (χ0v) is 14.1. The van der Waals surface area contributed by atoms with Crippen LogP contribution in [0.4, 0.5) is 0 Å². The van der Waals surface area contributed by atoms with Crippen LogP contribution in [-0.4, -0.2) is 18.4 Å². The Kier molecular flexibility index (Phi) is 5.83. The molecule has 0 unspecified atom stereocenters. The Labute approximate surface area is 144 Å². The highest BCUT2D eigenvalue weighted by Crippen LogP contribution is 2.22. The van der Waals surface area contributed by atoms with E-state index in [1.165, 1.54) is 30.4 Å². The van der Waals surface area contributed by atoms with Crippen molar-refractivity contribution in [3.63, 3.8) is 0 Å². The van der Waals surface area contributed by atoms with Gasteiger partial charge in [-0.25, -0.2) is 4.79 Å². The van der Waals surface area contributed by atoms with Gasteiger partial charge in [-0.15, -0.1) is 0 Å². The molecule has 4 nitrogen and oxygen atoms in total. The largest absolute Gasteiger partial charge is 0.454 e. The number of ether oxygens (including phenoxy) is 1. The maximum absolute atomic E-state index is 11.9. The standard InChI is InChI=1S/C15H9BrCl2O4/c16-14-5-2-10(22-14)3-6-15(20)21-8-13(19)9-1-4-11(17)12(18)7-9/h1-7H,8H2. The van der Waals surface area contributed by atoms with E-state index >= 15 is 0 Å². The van der Waals surface area contributed by atoms with Gasteiger partial charge in [0, 0.05) is 11.6 Å². The van der Waals surface area contributed by atoms with Crippen LogP contribution in [0.25, 0.3) is 6.08 Å². The fourth-order valence-electron chi connectivity index (χ4n) is 1.51. The molecule has 2 aromatic rings. The molecule has 0 bridgehead atoms. The summed E-state index contributed by atoms with van der Waals surface area (Å²) in [6.45, 7) is -0.386. The normalized spacial score (nSPS) is 10.9. The molecule has 0 aliphatic carbocycles. The molecule has 0 aliphatic rings. The molecule has 0 aliphatic heterocycles. The fraction of sp³-hybridized carbons (Fsp3) is 0.0667. The lowest BCUT2D eigenvalue weighted by Gasteiger charge is -2.03. The summed E-state index contributed by atoms with van der Waals surface area (Å²) in [5.41, 5.74) is 0.321. The number of halogens is 3. The first-order valence-electron chi connectivity index (χ1n) is 6.04. The number of carbonyl (C=O) groups is 2. The molecule has 7 heteroatoms. The van der Waals surface area contributed by atoms with Gasteiger partial charge in [0.15, 0.2) is 17.1 Å². The fourth-order valence-corrected chi connectivity index (χ4v) is 2.12. The Morgan fingerprint density at radius 3 is 2.59 bits per heavy atom. The van der Waals surface area contributed by atoms with E-state index in [4.69, 9.17) is 32.4 Å². The molecule has 0 amide bonds. The van der Waals surface area contributed by atoms with Crippen molar-refractivity contribution in [1.82, 2.24) is 0 Å². The van der Waals surface area contributed by atoms with Gasteiger partial charge in [-0.1, -0.05) is 23.2 Å². The second kappa shape index (κ2) is 7.63. The van der Waals surface area contributed by atoms with E-state index in [1.54, 1.807) is 12.1 Å². The molecular weight excluding hydrogens is 395 g/mol. The predicted octanol–water partition coefficient (Wildman–Crippen LogP) is 4.79. The van der Waals surface area contributed by atoms with Crippen molar-refractivity contribution in [2.75, 3.05) is 6.61 Å². The van der Waals surface area contributed by atoms with Crippen molar-refractivity contribution in [1.29, 1.82) is 0 Å². The molecule has 0 spiro atoms. The van der Waals surface area contributed by atoms with Gasteiger partial charge in [-0.2, -0.15) is 0 Å². The van der Waals surface area contributed by atoms with Gasteiger partial charge in [-0.3, -0.25) is 4.79 Å². The summed E-state index contributed by atoms with van der Waals surface area (Å²) in [5.74, 6) is -0.540. The molecule has 1 aromatic carbocycles. The summed E-state index contributed by atoms with van der Waals surface area (Å²) in [6.07, 6.45) is 2.62. The smallest absolute Gasteiger partial charge is 0.331 e. The summed E-state index contributed by atoms with van der Waals surface area (Å²) >= 11 is 14.7. The van der Waals surface area contributed by atoms with Gasteiger partial charge in [0.05, 0.1) is 10.0 Å². The van der Waals surface area contributed by atoms with Crippen LogP contribution in [0.5, 0.6) is 0 Å². The zero-order chi connectivity index (χ0) is 16.1. The molecule has 0 N–H and O–H groups in total. The first-order valence-corrected chi connectivity index (χ1v) is 7.59. The maximum atomic E-state index is 11.9. The van der Waals surface area contributed by atoms with Crippen molar-refractivity contribution in [3.05, 3.63) is 62.4 Å². The number of furan rings is 1. The van der Waals surface area contributed by atoms with Crippen molar-refractivity contribution in [2.45, 2.75) is 0 Å². The van der Waals surface area contributed by atoms with E-state index in [0.717, 1.165) is 0 Å². The lowest BCUT2D eigenvalue weighted by atomic mass is 10.1. The van der Waals surface area contributed by atoms with E-state index in [-0.39, 0.29) is 17.4 Å². The third-order valence-corrected chi connectivity index (χ3v) is 3.73. The second-order valence-corrected chi connectivity index (χ2v) is 5.73. The zero-order valence-electron chi connectivity index (χ0n) is 11.0. The Morgan fingerprint density at radius 2 is 1.95 bits per heavy atom. The van der Waals surface area contributed by atoms with Crippen molar-refractivity contribution >= 4 is 57.0 Å². The molecule has 114 valence electrons. The first kappa shape index (κ1) is 16.8. The second-order valence-electron chi connectivity index (χ2n) is 4.13. The average molecular weight is 404 g/mol. The highest BCUT2D eigenvalue weighted by atomic mass is 79.9. The Morgan fingerprint density at radius 1 is 1.18 bits per heavy atom. The summed E-state index contributed by atoms with van der Waals surface area (Å²) < 4.78 is 10.6. The topological polar surface area (TPSA) is 56.5 Å². The molecule has 0 radical (unpaired) electrons.